The van der Waals surface area contributed by atoms with Gasteiger partial charge in [-0.1, -0.05) is 134 Å². The van der Waals surface area contributed by atoms with Crippen molar-refractivity contribution in [3.05, 3.63) is 138 Å². The molecule has 4 aromatic carbocycles. The fourth-order valence-corrected chi connectivity index (χ4v) is 7.37. The minimum atomic E-state index is -0.156. The third-order valence-corrected chi connectivity index (χ3v) is 11.1. The fraction of sp³-hybridized carbons (Fsp3) is 0.385. The van der Waals surface area contributed by atoms with E-state index in [4.69, 9.17) is 9.72 Å². The summed E-state index contributed by atoms with van der Waals surface area (Å²) in [6.07, 6.45) is 4.20. The van der Waals surface area contributed by atoms with Crippen LogP contribution in [0, 0.1) is 24.2 Å². The Morgan fingerprint density at radius 1 is 0.569 bits per heavy atom. The van der Waals surface area contributed by atoms with E-state index in [1.165, 1.54) is 22.4 Å². The molecule has 1 aliphatic heterocycles. The zero-order valence-electron chi connectivity index (χ0n) is 37.3. The number of aromatic nitrogens is 2. The Hall–Kier alpha value is -4.34. The molecule has 3 heterocycles. The van der Waals surface area contributed by atoms with Crippen molar-refractivity contribution in [2.75, 3.05) is 9.80 Å². The van der Waals surface area contributed by atoms with E-state index in [1.54, 1.807) is 0 Å². The number of hydrogen-bond acceptors (Lipinski definition) is 4. The van der Waals surface area contributed by atoms with Crippen molar-refractivity contribution in [2.45, 2.75) is 126 Å². The second kappa shape index (κ2) is 15.0. The quantitative estimate of drug-likeness (QED) is 0.161. The topological polar surface area (TPSA) is 33.5 Å². The summed E-state index contributed by atoms with van der Waals surface area (Å²) in [6, 6.07) is 35.8. The molecule has 0 radical (unpaired) electrons. The SMILES string of the molecule is CC(C)(C)C1=CN(c2cc(C(C)(C)C)cc(C(C)(C)C)c2)[CH-]N1c1[c-]c(Oc2[c-]c3c(cc2)c2ccccc2n3-c2cc(C(C)(C)C)ccn2)cc(C(C)(C)C)c1.[Pt]. The van der Waals surface area contributed by atoms with E-state index in [0.717, 1.165) is 44.6 Å². The molecule has 0 atom stereocenters. The van der Waals surface area contributed by atoms with Crippen LogP contribution in [0.2, 0.25) is 0 Å². The van der Waals surface area contributed by atoms with Crippen molar-refractivity contribution >= 4 is 33.2 Å². The average molecular weight is 953 g/mol. The summed E-state index contributed by atoms with van der Waals surface area (Å²) < 4.78 is 9.02. The number of nitrogens with zero attached hydrogens (tertiary/aromatic N) is 4. The summed E-state index contributed by atoms with van der Waals surface area (Å²) in [5.74, 6) is 2.14. The summed E-state index contributed by atoms with van der Waals surface area (Å²) in [5.41, 5.74) is 10.0. The van der Waals surface area contributed by atoms with Crippen molar-refractivity contribution in [1.29, 1.82) is 0 Å². The third kappa shape index (κ3) is 8.67. The average Bonchev–Trinajstić information content (AvgIpc) is 3.71. The smallest absolute Gasteiger partial charge is 0.135 e. The van der Waals surface area contributed by atoms with Crippen molar-refractivity contribution in [3.63, 3.8) is 0 Å². The molecule has 0 aliphatic carbocycles. The third-order valence-electron chi connectivity index (χ3n) is 11.1. The molecule has 0 fully saturated rings. The van der Waals surface area contributed by atoms with Crippen LogP contribution >= 0.6 is 0 Å². The van der Waals surface area contributed by atoms with Crippen molar-refractivity contribution < 1.29 is 25.8 Å². The fourth-order valence-electron chi connectivity index (χ4n) is 7.37. The minimum Gasteiger partial charge on any atom is -0.509 e. The summed E-state index contributed by atoms with van der Waals surface area (Å²) in [5, 5.41) is 2.26. The summed E-state index contributed by atoms with van der Waals surface area (Å²) in [6.45, 7) is 36.2. The number of allylic oxidation sites excluding steroid dienone is 1. The first kappa shape index (κ1) is 43.2. The monoisotopic (exact) mass is 952 g/mol. The van der Waals surface area contributed by atoms with E-state index in [0.29, 0.717) is 11.5 Å². The molecular weight excluding hydrogens is 892 g/mol. The van der Waals surface area contributed by atoms with Gasteiger partial charge in [0.05, 0.1) is 0 Å². The molecule has 6 aromatic rings. The van der Waals surface area contributed by atoms with E-state index in [9.17, 15) is 0 Å². The summed E-state index contributed by atoms with van der Waals surface area (Å²) >= 11 is 0. The van der Waals surface area contributed by atoms with Crippen LogP contribution < -0.4 is 14.5 Å². The Bertz CT molecular complexity index is 2470. The van der Waals surface area contributed by atoms with Crippen LogP contribution in [0.25, 0.3) is 27.6 Å². The van der Waals surface area contributed by atoms with Gasteiger partial charge in [-0.3, -0.25) is 0 Å². The molecule has 2 aromatic heterocycles. The number of para-hydroxylation sites is 1. The largest absolute Gasteiger partial charge is 0.509 e. The first-order valence-corrected chi connectivity index (χ1v) is 20.4. The van der Waals surface area contributed by atoms with Crippen molar-refractivity contribution in [1.82, 2.24) is 9.55 Å². The molecule has 7 rings (SSSR count). The van der Waals surface area contributed by atoms with Crippen LogP contribution in [0.5, 0.6) is 11.5 Å². The maximum atomic E-state index is 6.81. The first-order chi connectivity index (χ1) is 26.4. The Labute approximate surface area is 362 Å². The maximum absolute atomic E-state index is 6.81. The van der Waals surface area contributed by atoms with Gasteiger partial charge in [-0.2, -0.15) is 6.07 Å². The van der Waals surface area contributed by atoms with E-state index >= 15 is 0 Å². The molecule has 0 unspecified atom stereocenters. The molecule has 0 N–H and O–H groups in total. The molecule has 58 heavy (non-hydrogen) atoms. The molecule has 0 amide bonds. The Kier molecular flexibility index (Phi) is 11.2. The maximum Gasteiger partial charge on any atom is 0.135 e. The van der Waals surface area contributed by atoms with Crippen molar-refractivity contribution in [3.8, 4) is 17.3 Å². The van der Waals surface area contributed by atoms with Gasteiger partial charge >= 0.3 is 0 Å². The predicted molar refractivity (Wildman–Crippen MR) is 241 cm³/mol. The standard InChI is InChI=1S/C52H61N4O.Pt/c1-48(2,3)34-22-23-53-47(29-34)56-44-19-17-16-18-42(44)43-21-20-40(31-45(43)56)57-41-28-37(51(10,11)12)27-39(30-41)55-33-54(32-46(55)52(13,14)15)38-25-35(49(4,5)6)24-36(26-38)50(7,8)9;/h16-29,32-33H,1-15H3;/q-3;. The molecule has 308 valence electrons. The molecule has 0 spiro atoms. The van der Waals surface area contributed by atoms with Crippen LogP contribution in [0.15, 0.2) is 97.0 Å². The number of hydrogen-bond donors (Lipinski definition) is 0. The van der Waals surface area contributed by atoms with Crippen LogP contribution in [0.3, 0.4) is 0 Å². The molecular formula is C52H61N4OPt-3. The van der Waals surface area contributed by atoms with Gasteiger partial charge in [0.2, 0.25) is 0 Å². The molecule has 0 bridgehead atoms. The Morgan fingerprint density at radius 3 is 1.78 bits per heavy atom. The van der Waals surface area contributed by atoms with E-state index in [-0.39, 0.29) is 48.1 Å². The number of pyridine rings is 1. The van der Waals surface area contributed by atoms with E-state index in [2.05, 4.69) is 216 Å². The zero-order chi connectivity index (χ0) is 41.5. The predicted octanol–water partition coefficient (Wildman–Crippen LogP) is 14.1. The molecule has 5 nitrogen and oxygen atoms in total. The number of benzene rings is 4. The van der Waals surface area contributed by atoms with Gasteiger partial charge in [0, 0.05) is 61.1 Å². The number of rotatable bonds is 5. The number of anilines is 2. The van der Waals surface area contributed by atoms with Crippen LogP contribution in [-0.4, -0.2) is 9.55 Å². The Balaban J connectivity index is 0.00000567. The van der Waals surface area contributed by atoms with Crippen LogP contribution in [0.1, 0.15) is 126 Å². The van der Waals surface area contributed by atoms with Gasteiger partial charge in [-0.15, -0.1) is 53.6 Å². The van der Waals surface area contributed by atoms with Gasteiger partial charge < -0.3 is 19.1 Å². The van der Waals surface area contributed by atoms with Gasteiger partial charge in [-0.05, 0) is 80.3 Å². The Morgan fingerprint density at radius 2 is 1.17 bits per heavy atom. The molecule has 6 heteroatoms. The van der Waals surface area contributed by atoms with E-state index < -0.39 is 0 Å². The normalized spacial score (nSPS) is 14.3. The molecule has 1 aliphatic rings. The van der Waals surface area contributed by atoms with Gasteiger partial charge in [0.1, 0.15) is 5.82 Å². The van der Waals surface area contributed by atoms with Crippen LogP contribution in [0.4, 0.5) is 11.4 Å². The number of ether oxygens (including phenoxy) is 1. The molecule has 0 saturated carbocycles. The first-order valence-electron chi connectivity index (χ1n) is 20.4. The second-order valence-electron chi connectivity index (χ2n) is 21.0. The van der Waals surface area contributed by atoms with Crippen LogP contribution in [-0.2, 0) is 42.7 Å². The van der Waals surface area contributed by atoms with Gasteiger partial charge in [0.15, 0.2) is 0 Å². The molecule has 0 saturated heterocycles. The summed E-state index contributed by atoms with van der Waals surface area (Å²) in [7, 11) is 0. The minimum absolute atomic E-state index is 0. The van der Waals surface area contributed by atoms with E-state index in [1.807, 2.05) is 12.3 Å². The van der Waals surface area contributed by atoms with Gasteiger partial charge in [0.25, 0.3) is 0 Å². The van der Waals surface area contributed by atoms with Crippen molar-refractivity contribution in [2.24, 2.45) is 5.41 Å². The summed E-state index contributed by atoms with van der Waals surface area (Å²) in [4.78, 5) is 9.45. The number of fused-ring (bicyclic) bond motifs is 3. The van der Waals surface area contributed by atoms with Gasteiger partial charge in [-0.25, -0.2) is 4.98 Å². The second-order valence-corrected chi connectivity index (χ2v) is 21.0. The zero-order valence-corrected chi connectivity index (χ0v) is 39.5.